The van der Waals surface area contributed by atoms with Crippen LogP contribution in [0.5, 0.6) is 0 Å². The molecule has 1 aromatic carbocycles. The van der Waals surface area contributed by atoms with Crippen molar-refractivity contribution in [1.29, 1.82) is 0 Å². The number of nitrogens with one attached hydrogen (secondary N) is 1. The van der Waals surface area contributed by atoms with Gasteiger partial charge in [0.05, 0.1) is 6.04 Å². The van der Waals surface area contributed by atoms with Crippen molar-refractivity contribution in [2.45, 2.75) is 23.5 Å². The molecule has 3 N–H and O–H groups in total. The van der Waals surface area contributed by atoms with E-state index < -0.39 is 6.10 Å². The summed E-state index contributed by atoms with van der Waals surface area (Å²) in [5.41, 5.74) is 6.29. The first-order valence-corrected chi connectivity index (χ1v) is 7.09. The molecule has 1 heterocycles. The number of hydrogen-bond acceptors (Lipinski definition) is 4. The van der Waals surface area contributed by atoms with Crippen molar-refractivity contribution in [3.05, 3.63) is 29.6 Å². The number of rotatable bonds is 4. The number of ether oxygens (including phenoxy) is 1. The van der Waals surface area contributed by atoms with Gasteiger partial charge in [0.25, 0.3) is 5.91 Å². The number of nitrogens with two attached hydrogens (primary N) is 1. The van der Waals surface area contributed by atoms with E-state index in [2.05, 4.69) is 5.32 Å². The quantitative estimate of drug-likeness (QED) is 0.878. The minimum atomic E-state index is -0.661. The Kier molecular flexibility index (Phi) is 4.79. The Bertz CT molecular complexity index is 466. The van der Waals surface area contributed by atoms with Crippen molar-refractivity contribution >= 4 is 17.7 Å². The SMILES string of the molecule is COC(CN)C(=O)NC1CCSc2ccc(F)cc21. The topological polar surface area (TPSA) is 64.3 Å². The summed E-state index contributed by atoms with van der Waals surface area (Å²) in [6, 6.07) is 4.50. The van der Waals surface area contributed by atoms with Crippen LogP contribution in [-0.4, -0.2) is 31.4 Å². The Balaban J connectivity index is 2.15. The molecule has 0 aliphatic carbocycles. The van der Waals surface area contributed by atoms with E-state index in [-0.39, 0.29) is 24.3 Å². The number of thioether (sulfide) groups is 1. The molecule has 2 atom stereocenters. The highest BCUT2D eigenvalue weighted by Gasteiger charge is 2.25. The monoisotopic (exact) mass is 284 g/mol. The number of carbonyl (C=O) groups is 1. The van der Waals surface area contributed by atoms with E-state index in [0.29, 0.717) is 0 Å². The maximum atomic E-state index is 13.3. The molecule has 1 aliphatic rings. The minimum Gasteiger partial charge on any atom is -0.370 e. The van der Waals surface area contributed by atoms with E-state index in [0.717, 1.165) is 22.6 Å². The second kappa shape index (κ2) is 6.36. The van der Waals surface area contributed by atoms with Crippen molar-refractivity contribution in [2.75, 3.05) is 19.4 Å². The molecular weight excluding hydrogens is 267 g/mol. The predicted molar refractivity (Wildman–Crippen MR) is 72.5 cm³/mol. The van der Waals surface area contributed by atoms with E-state index in [1.54, 1.807) is 17.8 Å². The first-order chi connectivity index (χ1) is 9.15. The highest BCUT2D eigenvalue weighted by atomic mass is 32.2. The first kappa shape index (κ1) is 14.3. The van der Waals surface area contributed by atoms with Gasteiger partial charge in [-0.05, 0) is 30.2 Å². The zero-order chi connectivity index (χ0) is 13.8. The van der Waals surface area contributed by atoms with Crippen LogP contribution in [0, 0.1) is 5.82 Å². The average molecular weight is 284 g/mol. The van der Waals surface area contributed by atoms with E-state index in [1.165, 1.54) is 19.2 Å². The Morgan fingerprint density at radius 2 is 2.47 bits per heavy atom. The molecule has 2 rings (SSSR count). The predicted octanol–water partition coefficient (Wildman–Crippen LogP) is 1.45. The third kappa shape index (κ3) is 3.26. The van der Waals surface area contributed by atoms with Gasteiger partial charge < -0.3 is 15.8 Å². The van der Waals surface area contributed by atoms with Crippen LogP contribution in [0.3, 0.4) is 0 Å². The van der Waals surface area contributed by atoms with Crippen LogP contribution in [-0.2, 0) is 9.53 Å². The van der Waals surface area contributed by atoms with Crippen molar-refractivity contribution in [3.63, 3.8) is 0 Å². The van der Waals surface area contributed by atoms with Gasteiger partial charge in [0, 0.05) is 24.3 Å². The van der Waals surface area contributed by atoms with Gasteiger partial charge in [-0.1, -0.05) is 0 Å². The second-order valence-electron chi connectivity index (χ2n) is 4.34. The molecule has 1 amide bonds. The molecule has 0 bridgehead atoms. The number of carbonyl (C=O) groups excluding carboxylic acids is 1. The summed E-state index contributed by atoms with van der Waals surface area (Å²) in [4.78, 5) is 13.0. The Labute approximate surface area is 115 Å². The number of halogens is 1. The number of hydrogen-bond donors (Lipinski definition) is 2. The summed E-state index contributed by atoms with van der Waals surface area (Å²) in [6.45, 7) is 0.125. The molecule has 2 unspecified atom stereocenters. The van der Waals surface area contributed by atoms with Crippen LogP contribution in [0.15, 0.2) is 23.1 Å². The summed E-state index contributed by atoms with van der Waals surface area (Å²) in [7, 11) is 1.45. The van der Waals surface area contributed by atoms with Crippen LogP contribution in [0.1, 0.15) is 18.0 Å². The third-order valence-electron chi connectivity index (χ3n) is 3.12. The minimum absolute atomic E-state index is 0.125. The lowest BCUT2D eigenvalue weighted by atomic mass is 10.0. The first-order valence-electron chi connectivity index (χ1n) is 6.11. The molecule has 0 spiro atoms. The fourth-order valence-electron chi connectivity index (χ4n) is 2.09. The van der Waals surface area contributed by atoms with Crippen LogP contribution in [0.25, 0.3) is 0 Å². The molecule has 4 nitrogen and oxygen atoms in total. The highest BCUT2D eigenvalue weighted by Crippen LogP contribution is 2.36. The van der Waals surface area contributed by atoms with Crippen LogP contribution < -0.4 is 11.1 Å². The van der Waals surface area contributed by atoms with Crippen LogP contribution in [0.4, 0.5) is 4.39 Å². The number of fused-ring (bicyclic) bond motifs is 1. The number of methoxy groups -OCH3 is 1. The fourth-order valence-corrected chi connectivity index (χ4v) is 3.20. The van der Waals surface area contributed by atoms with E-state index in [1.807, 2.05) is 0 Å². The molecule has 1 aromatic rings. The average Bonchev–Trinajstić information content (AvgIpc) is 2.41. The smallest absolute Gasteiger partial charge is 0.250 e. The lowest BCUT2D eigenvalue weighted by Crippen LogP contribution is -2.42. The summed E-state index contributed by atoms with van der Waals surface area (Å²) in [5, 5.41) is 2.88. The molecule has 6 heteroatoms. The molecule has 0 saturated carbocycles. The van der Waals surface area contributed by atoms with Crippen molar-refractivity contribution in [2.24, 2.45) is 5.73 Å². The van der Waals surface area contributed by atoms with Crippen molar-refractivity contribution in [1.82, 2.24) is 5.32 Å². The maximum Gasteiger partial charge on any atom is 0.250 e. The van der Waals surface area contributed by atoms with Gasteiger partial charge in [-0.2, -0.15) is 0 Å². The van der Waals surface area contributed by atoms with Crippen LogP contribution in [0.2, 0.25) is 0 Å². The maximum absolute atomic E-state index is 13.3. The summed E-state index contributed by atoms with van der Waals surface area (Å²) >= 11 is 1.67. The van der Waals surface area contributed by atoms with Gasteiger partial charge in [0.2, 0.25) is 0 Å². The molecule has 1 aliphatic heterocycles. The molecule has 19 heavy (non-hydrogen) atoms. The molecular formula is C13H17FN2O2S. The zero-order valence-electron chi connectivity index (χ0n) is 10.7. The lowest BCUT2D eigenvalue weighted by molar-refractivity contribution is -0.131. The molecule has 0 saturated heterocycles. The van der Waals surface area contributed by atoms with E-state index in [9.17, 15) is 9.18 Å². The molecule has 0 aromatic heterocycles. The van der Waals surface area contributed by atoms with Gasteiger partial charge in [-0.3, -0.25) is 4.79 Å². The van der Waals surface area contributed by atoms with Crippen molar-refractivity contribution in [3.8, 4) is 0 Å². The number of benzene rings is 1. The Morgan fingerprint density at radius 1 is 1.68 bits per heavy atom. The van der Waals surface area contributed by atoms with E-state index in [4.69, 9.17) is 10.5 Å². The lowest BCUT2D eigenvalue weighted by Gasteiger charge is -2.27. The van der Waals surface area contributed by atoms with Gasteiger partial charge in [-0.25, -0.2) is 4.39 Å². The van der Waals surface area contributed by atoms with E-state index >= 15 is 0 Å². The number of amides is 1. The normalized spacial score (nSPS) is 19.6. The standard InChI is InChI=1S/C13H17FN2O2S/c1-18-11(7-15)13(17)16-10-4-5-19-12-3-2-8(14)6-9(10)12/h2-3,6,10-11H,4-5,7,15H2,1H3,(H,16,17). The summed E-state index contributed by atoms with van der Waals surface area (Å²) in [6.07, 6.45) is 0.111. The van der Waals surface area contributed by atoms with Gasteiger partial charge in [0.1, 0.15) is 11.9 Å². The van der Waals surface area contributed by atoms with Crippen molar-refractivity contribution < 1.29 is 13.9 Å². The largest absolute Gasteiger partial charge is 0.370 e. The Morgan fingerprint density at radius 3 is 3.16 bits per heavy atom. The second-order valence-corrected chi connectivity index (χ2v) is 5.48. The molecule has 0 fully saturated rings. The summed E-state index contributed by atoms with van der Waals surface area (Å²) in [5.74, 6) is 0.351. The van der Waals surface area contributed by atoms with Gasteiger partial charge >= 0.3 is 0 Å². The Hall–Kier alpha value is -1.11. The highest BCUT2D eigenvalue weighted by molar-refractivity contribution is 7.99. The van der Waals surface area contributed by atoms with Gasteiger partial charge in [0.15, 0.2) is 0 Å². The molecule has 0 radical (unpaired) electrons. The third-order valence-corrected chi connectivity index (χ3v) is 4.24. The molecule has 104 valence electrons. The fraction of sp³-hybridized carbons (Fsp3) is 0.462. The van der Waals surface area contributed by atoms with Crippen LogP contribution >= 0.6 is 11.8 Å². The summed E-state index contributed by atoms with van der Waals surface area (Å²) < 4.78 is 18.3. The zero-order valence-corrected chi connectivity index (χ0v) is 11.5. The van der Waals surface area contributed by atoms with Gasteiger partial charge in [-0.15, -0.1) is 11.8 Å².